The highest BCUT2D eigenvalue weighted by atomic mass is 16.6. The highest BCUT2D eigenvalue weighted by Crippen LogP contribution is 2.40. The predicted molar refractivity (Wildman–Crippen MR) is 114 cm³/mol. The minimum atomic E-state index is -0.549. The quantitative estimate of drug-likeness (QED) is 0.325. The number of hydrogen-bond acceptors (Lipinski definition) is 7. The molecule has 31 heavy (non-hydrogen) atoms. The number of nitro groups is 1. The average Bonchev–Trinajstić information content (AvgIpc) is 3.04. The monoisotopic (exact) mass is 423 g/mol. The van der Waals surface area contributed by atoms with Crippen molar-refractivity contribution in [3.05, 3.63) is 58.7 Å². The number of fused-ring (bicyclic) bond motifs is 1. The summed E-state index contributed by atoms with van der Waals surface area (Å²) >= 11 is 0. The Morgan fingerprint density at radius 1 is 0.968 bits per heavy atom. The summed E-state index contributed by atoms with van der Waals surface area (Å²) in [5.41, 5.74) is 0.730. The number of nitrogens with zero attached hydrogens (tertiary/aromatic N) is 2. The molecule has 4 rings (SSSR count). The second kappa shape index (κ2) is 8.10. The first-order valence-electron chi connectivity index (χ1n) is 9.75. The molecule has 1 fully saturated rings. The number of rotatable bonds is 6. The third-order valence-corrected chi connectivity index (χ3v) is 5.61. The minimum Gasteiger partial charge on any atom is -0.493 e. The number of nitro benzene ring substituents is 1. The molecule has 1 saturated heterocycles. The fourth-order valence-electron chi connectivity index (χ4n) is 4.04. The van der Waals surface area contributed by atoms with Crippen LogP contribution in [0.2, 0.25) is 0 Å². The van der Waals surface area contributed by atoms with Gasteiger partial charge in [-0.3, -0.25) is 19.7 Å². The molecule has 2 unspecified atom stereocenters. The smallest absolute Gasteiger partial charge is 0.294 e. The zero-order valence-electron chi connectivity index (χ0n) is 17.0. The second-order valence-corrected chi connectivity index (χ2v) is 7.32. The van der Waals surface area contributed by atoms with E-state index < -0.39 is 16.8 Å². The van der Waals surface area contributed by atoms with Crippen LogP contribution >= 0.6 is 0 Å². The lowest BCUT2D eigenvalue weighted by Crippen LogP contribution is -2.30. The fraction of sp³-hybridized carbons (Fsp3) is 0.273. The van der Waals surface area contributed by atoms with E-state index in [4.69, 9.17) is 9.47 Å². The van der Waals surface area contributed by atoms with Gasteiger partial charge in [0, 0.05) is 17.8 Å². The van der Waals surface area contributed by atoms with Crippen molar-refractivity contribution in [2.75, 3.05) is 24.4 Å². The molecule has 1 heterocycles. The molecular weight excluding hydrogens is 402 g/mol. The molecule has 0 radical (unpaired) electrons. The zero-order chi connectivity index (χ0) is 22.1. The Morgan fingerprint density at radius 3 is 2.19 bits per heavy atom. The number of methoxy groups -OCH3 is 2. The van der Waals surface area contributed by atoms with Crippen LogP contribution in [0.5, 0.6) is 11.5 Å². The number of carbonyl (C=O) groups excluding carboxylic acids is 2. The molecule has 9 heteroatoms. The van der Waals surface area contributed by atoms with Gasteiger partial charge in [-0.05, 0) is 37.1 Å². The van der Waals surface area contributed by atoms with Gasteiger partial charge in [0.25, 0.3) is 5.69 Å². The van der Waals surface area contributed by atoms with Crippen molar-refractivity contribution >= 4 is 34.6 Å². The first kappa shape index (κ1) is 20.4. The van der Waals surface area contributed by atoms with Gasteiger partial charge in [0.05, 0.1) is 36.7 Å². The molecule has 1 aliphatic carbocycles. The van der Waals surface area contributed by atoms with E-state index in [1.165, 1.54) is 32.4 Å². The summed E-state index contributed by atoms with van der Waals surface area (Å²) in [4.78, 5) is 37.9. The number of carbonyl (C=O) groups is 2. The number of ether oxygens (including phenoxy) is 2. The highest BCUT2D eigenvalue weighted by Gasteiger charge is 2.48. The van der Waals surface area contributed by atoms with E-state index >= 15 is 0 Å². The summed E-state index contributed by atoms with van der Waals surface area (Å²) in [5, 5.41) is 14.7. The molecular formula is C22H21N3O6. The molecule has 2 atom stereocenters. The van der Waals surface area contributed by atoms with E-state index in [1.54, 1.807) is 18.2 Å². The van der Waals surface area contributed by atoms with Crippen molar-refractivity contribution in [3.8, 4) is 11.5 Å². The molecule has 1 N–H and O–H groups in total. The summed E-state index contributed by atoms with van der Waals surface area (Å²) in [6, 6.07) is 9.32. The van der Waals surface area contributed by atoms with Gasteiger partial charge in [-0.1, -0.05) is 12.2 Å². The zero-order valence-corrected chi connectivity index (χ0v) is 17.0. The van der Waals surface area contributed by atoms with Gasteiger partial charge in [0.2, 0.25) is 11.8 Å². The Hall–Kier alpha value is -3.88. The number of imide groups is 1. The maximum atomic E-state index is 12.8. The summed E-state index contributed by atoms with van der Waals surface area (Å²) < 4.78 is 10.5. The molecule has 160 valence electrons. The lowest BCUT2D eigenvalue weighted by atomic mass is 9.85. The van der Waals surface area contributed by atoms with Gasteiger partial charge in [0.15, 0.2) is 11.5 Å². The highest BCUT2D eigenvalue weighted by molar-refractivity contribution is 6.22. The van der Waals surface area contributed by atoms with Crippen LogP contribution in [0.25, 0.3) is 0 Å². The van der Waals surface area contributed by atoms with Crippen LogP contribution in [0.3, 0.4) is 0 Å². The van der Waals surface area contributed by atoms with Crippen LogP contribution < -0.4 is 19.7 Å². The molecule has 2 aliphatic rings. The molecule has 0 bridgehead atoms. The van der Waals surface area contributed by atoms with Crippen LogP contribution in [0.4, 0.5) is 22.7 Å². The van der Waals surface area contributed by atoms with E-state index in [2.05, 4.69) is 5.32 Å². The number of hydrogen-bond donors (Lipinski definition) is 1. The topological polar surface area (TPSA) is 111 Å². The SMILES string of the molecule is COc1ccc(Nc2ccc(N3C(=O)C4CC=CCC4C3=O)cc2[N+](=O)[O-])cc1OC. The second-order valence-electron chi connectivity index (χ2n) is 7.32. The number of amides is 2. The van der Waals surface area contributed by atoms with Crippen molar-refractivity contribution in [2.24, 2.45) is 11.8 Å². The number of allylic oxidation sites excluding steroid dienone is 2. The van der Waals surface area contributed by atoms with Crippen LogP contribution in [-0.2, 0) is 9.59 Å². The van der Waals surface area contributed by atoms with Crippen LogP contribution in [0.1, 0.15) is 12.8 Å². The third-order valence-electron chi connectivity index (χ3n) is 5.61. The molecule has 0 spiro atoms. The first-order chi connectivity index (χ1) is 14.9. The summed E-state index contributed by atoms with van der Waals surface area (Å²) in [7, 11) is 3.01. The number of benzene rings is 2. The minimum absolute atomic E-state index is 0.203. The number of anilines is 3. The summed E-state index contributed by atoms with van der Waals surface area (Å²) in [5.74, 6) is -0.429. The maximum absolute atomic E-state index is 12.8. The Labute approximate surface area is 178 Å². The van der Waals surface area contributed by atoms with Gasteiger partial charge < -0.3 is 14.8 Å². The lowest BCUT2D eigenvalue weighted by molar-refractivity contribution is -0.383. The first-order valence-corrected chi connectivity index (χ1v) is 9.75. The van der Waals surface area contributed by atoms with Crippen molar-refractivity contribution in [1.82, 2.24) is 0 Å². The molecule has 2 amide bonds. The van der Waals surface area contributed by atoms with Gasteiger partial charge in [-0.25, -0.2) is 4.90 Å². The van der Waals surface area contributed by atoms with Gasteiger partial charge in [0.1, 0.15) is 5.69 Å². The average molecular weight is 423 g/mol. The molecule has 2 aromatic carbocycles. The lowest BCUT2D eigenvalue weighted by Gasteiger charge is -2.16. The van der Waals surface area contributed by atoms with Crippen molar-refractivity contribution in [1.29, 1.82) is 0 Å². The Morgan fingerprint density at radius 2 is 1.61 bits per heavy atom. The third kappa shape index (κ3) is 3.58. The van der Waals surface area contributed by atoms with Crippen molar-refractivity contribution in [3.63, 3.8) is 0 Å². The Kier molecular flexibility index (Phi) is 5.33. The molecule has 1 aliphatic heterocycles. The molecule has 2 aromatic rings. The van der Waals surface area contributed by atoms with E-state index in [0.29, 0.717) is 30.0 Å². The largest absolute Gasteiger partial charge is 0.493 e. The van der Waals surface area contributed by atoms with Crippen LogP contribution in [0.15, 0.2) is 48.6 Å². The standard InChI is InChI=1S/C22H21N3O6/c1-30-19-10-7-13(11-20(19)31-2)23-17-9-8-14(12-18(17)25(28)29)24-21(26)15-5-3-4-6-16(15)22(24)27/h3-4,7-12,15-16,23H,5-6H2,1-2H3. The fourth-order valence-corrected chi connectivity index (χ4v) is 4.04. The van der Waals surface area contributed by atoms with E-state index in [-0.39, 0.29) is 28.9 Å². The summed E-state index contributed by atoms with van der Waals surface area (Å²) in [6.07, 6.45) is 4.81. The molecule has 0 saturated carbocycles. The van der Waals surface area contributed by atoms with Gasteiger partial charge in [-0.15, -0.1) is 0 Å². The molecule has 0 aromatic heterocycles. The summed E-state index contributed by atoms with van der Waals surface area (Å²) in [6.45, 7) is 0. The van der Waals surface area contributed by atoms with Gasteiger partial charge in [-0.2, -0.15) is 0 Å². The van der Waals surface area contributed by atoms with Crippen LogP contribution in [0, 0.1) is 22.0 Å². The van der Waals surface area contributed by atoms with Crippen LogP contribution in [-0.4, -0.2) is 31.0 Å². The van der Waals surface area contributed by atoms with E-state index in [9.17, 15) is 19.7 Å². The number of nitrogens with one attached hydrogen (secondary N) is 1. The van der Waals surface area contributed by atoms with Crippen molar-refractivity contribution in [2.45, 2.75) is 12.8 Å². The van der Waals surface area contributed by atoms with E-state index in [0.717, 1.165) is 4.90 Å². The Bertz CT molecular complexity index is 1070. The van der Waals surface area contributed by atoms with E-state index in [1.807, 2.05) is 12.2 Å². The predicted octanol–water partition coefficient (Wildman–Crippen LogP) is 3.81. The Balaban J connectivity index is 1.66. The maximum Gasteiger partial charge on any atom is 0.294 e. The molecule has 9 nitrogen and oxygen atoms in total. The van der Waals surface area contributed by atoms with Crippen molar-refractivity contribution < 1.29 is 24.0 Å². The van der Waals surface area contributed by atoms with Gasteiger partial charge >= 0.3 is 0 Å². The normalized spacial score (nSPS) is 19.9.